The first kappa shape index (κ1) is 17.6. The Bertz CT molecular complexity index is 541. The number of carbonyl (C=O) groups is 2. The van der Waals surface area contributed by atoms with Crippen molar-refractivity contribution in [2.24, 2.45) is 5.92 Å². The molecule has 0 aromatic heterocycles. The number of carbonyl (C=O) groups excluding carboxylic acids is 2. The second-order valence-electron chi connectivity index (χ2n) is 5.16. The van der Waals surface area contributed by atoms with Gasteiger partial charge in [-0.1, -0.05) is 26.0 Å². The minimum Gasteiger partial charge on any atom is -0.465 e. The molecule has 1 rings (SSSR count). The molecule has 0 radical (unpaired) electrons. The predicted molar refractivity (Wildman–Crippen MR) is 77.9 cm³/mol. The summed E-state index contributed by atoms with van der Waals surface area (Å²) in [5.41, 5.74) is 0.454. The summed E-state index contributed by atoms with van der Waals surface area (Å²) in [7, 11) is 0. The van der Waals surface area contributed by atoms with Crippen LogP contribution in [-0.2, 0) is 25.7 Å². The lowest BCUT2D eigenvalue weighted by Gasteiger charge is -2.07. The van der Waals surface area contributed by atoms with Crippen molar-refractivity contribution in [3.63, 3.8) is 0 Å². The lowest BCUT2D eigenvalue weighted by molar-refractivity contribution is -0.384. The molecule has 0 fully saturated rings. The number of esters is 2. The Labute approximate surface area is 128 Å². The van der Waals surface area contributed by atoms with E-state index in [1.54, 1.807) is 6.07 Å². The molecule has 0 amide bonds. The van der Waals surface area contributed by atoms with Crippen LogP contribution in [0.15, 0.2) is 24.3 Å². The number of non-ortho nitro benzene ring substituents is 1. The van der Waals surface area contributed by atoms with Crippen LogP contribution < -0.4 is 0 Å². The van der Waals surface area contributed by atoms with E-state index in [2.05, 4.69) is 0 Å². The van der Waals surface area contributed by atoms with Crippen molar-refractivity contribution in [2.75, 3.05) is 6.61 Å². The number of rotatable bonds is 8. The average molecular weight is 309 g/mol. The third-order valence-electron chi connectivity index (χ3n) is 2.63. The normalized spacial score (nSPS) is 10.3. The van der Waals surface area contributed by atoms with Crippen LogP contribution in [0.4, 0.5) is 5.69 Å². The molecule has 0 aliphatic rings. The summed E-state index contributed by atoms with van der Waals surface area (Å²) in [6.45, 7) is 4.09. The highest BCUT2D eigenvalue weighted by Crippen LogP contribution is 2.14. The van der Waals surface area contributed by atoms with Crippen molar-refractivity contribution in [3.05, 3.63) is 39.9 Å². The van der Waals surface area contributed by atoms with Gasteiger partial charge in [0.25, 0.3) is 5.69 Å². The van der Waals surface area contributed by atoms with Crippen LogP contribution in [0.1, 0.15) is 32.3 Å². The molecule has 7 heteroatoms. The molecule has 120 valence electrons. The molecule has 0 aliphatic carbocycles. The Morgan fingerprint density at radius 2 is 1.82 bits per heavy atom. The maximum Gasteiger partial charge on any atom is 0.306 e. The van der Waals surface area contributed by atoms with Gasteiger partial charge in [0.2, 0.25) is 0 Å². The molecular formula is C15H19NO6. The summed E-state index contributed by atoms with van der Waals surface area (Å²) in [5.74, 6) is -0.751. The minimum absolute atomic E-state index is 0.0412. The van der Waals surface area contributed by atoms with Crippen LogP contribution in [0.5, 0.6) is 0 Å². The highest BCUT2D eigenvalue weighted by molar-refractivity contribution is 5.77. The van der Waals surface area contributed by atoms with Gasteiger partial charge < -0.3 is 9.47 Å². The van der Waals surface area contributed by atoms with Gasteiger partial charge in [-0.25, -0.2) is 0 Å². The topological polar surface area (TPSA) is 95.7 Å². The van der Waals surface area contributed by atoms with Gasteiger partial charge in [0.1, 0.15) is 6.61 Å². The van der Waals surface area contributed by atoms with Gasteiger partial charge in [-0.05, 0) is 11.5 Å². The first-order valence-corrected chi connectivity index (χ1v) is 6.93. The number of nitro groups is 1. The van der Waals surface area contributed by atoms with E-state index in [1.807, 2.05) is 13.8 Å². The summed E-state index contributed by atoms with van der Waals surface area (Å²) in [6, 6.07) is 5.84. The molecule has 0 bridgehead atoms. The minimum atomic E-state index is -0.548. The molecule has 0 saturated carbocycles. The van der Waals surface area contributed by atoms with Crippen molar-refractivity contribution < 1.29 is 24.0 Å². The molecule has 0 aliphatic heterocycles. The SMILES string of the molecule is CC(C)COC(=O)CCC(=O)OCc1cccc([N+](=O)[O-])c1. The van der Waals surface area contributed by atoms with Crippen LogP contribution >= 0.6 is 0 Å². The zero-order valence-electron chi connectivity index (χ0n) is 12.6. The highest BCUT2D eigenvalue weighted by atomic mass is 16.6. The van der Waals surface area contributed by atoms with Gasteiger partial charge in [0.05, 0.1) is 24.4 Å². The first-order valence-electron chi connectivity index (χ1n) is 6.93. The van der Waals surface area contributed by atoms with Gasteiger partial charge in [-0.2, -0.15) is 0 Å². The predicted octanol–water partition coefficient (Wildman–Crippen LogP) is 2.62. The molecule has 0 heterocycles. The molecule has 7 nitrogen and oxygen atoms in total. The summed E-state index contributed by atoms with van der Waals surface area (Å²) in [5, 5.41) is 10.6. The van der Waals surface area contributed by atoms with Gasteiger partial charge in [-0.3, -0.25) is 19.7 Å². The molecule has 0 N–H and O–H groups in total. The molecular weight excluding hydrogens is 290 g/mol. The van der Waals surface area contributed by atoms with E-state index in [0.717, 1.165) is 0 Å². The lowest BCUT2D eigenvalue weighted by atomic mass is 10.2. The second kappa shape index (κ2) is 8.76. The molecule has 0 saturated heterocycles. The fraction of sp³-hybridized carbons (Fsp3) is 0.467. The zero-order valence-corrected chi connectivity index (χ0v) is 12.6. The molecule has 0 atom stereocenters. The third-order valence-corrected chi connectivity index (χ3v) is 2.63. The van der Waals surface area contributed by atoms with E-state index in [4.69, 9.17) is 9.47 Å². The molecule has 0 unspecified atom stereocenters. The second-order valence-corrected chi connectivity index (χ2v) is 5.16. The third kappa shape index (κ3) is 6.83. The van der Waals surface area contributed by atoms with Crippen LogP contribution in [-0.4, -0.2) is 23.5 Å². The Morgan fingerprint density at radius 1 is 1.18 bits per heavy atom. The summed E-state index contributed by atoms with van der Waals surface area (Å²) in [6.07, 6.45) is -0.119. The number of ether oxygens (including phenoxy) is 2. The van der Waals surface area contributed by atoms with Crippen molar-refractivity contribution in [1.29, 1.82) is 0 Å². The maximum absolute atomic E-state index is 11.5. The maximum atomic E-state index is 11.5. The molecule has 0 spiro atoms. The van der Waals surface area contributed by atoms with Crippen molar-refractivity contribution in [2.45, 2.75) is 33.3 Å². The van der Waals surface area contributed by atoms with Crippen LogP contribution in [0.2, 0.25) is 0 Å². The summed E-state index contributed by atoms with van der Waals surface area (Å²) < 4.78 is 9.91. The molecule has 22 heavy (non-hydrogen) atoms. The fourth-order valence-electron chi connectivity index (χ4n) is 1.53. The van der Waals surface area contributed by atoms with Gasteiger partial charge >= 0.3 is 11.9 Å². The quantitative estimate of drug-likeness (QED) is 0.416. The van der Waals surface area contributed by atoms with Crippen molar-refractivity contribution >= 4 is 17.6 Å². The molecule has 1 aromatic rings. The monoisotopic (exact) mass is 309 g/mol. The van der Waals surface area contributed by atoms with Gasteiger partial charge in [-0.15, -0.1) is 0 Å². The lowest BCUT2D eigenvalue weighted by Crippen LogP contribution is -2.12. The number of nitrogens with zero attached hydrogens (tertiary/aromatic N) is 1. The smallest absolute Gasteiger partial charge is 0.306 e. The highest BCUT2D eigenvalue weighted by Gasteiger charge is 2.11. The summed E-state index contributed by atoms with van der Waals surface area (Å²) in [4.78, 5) is 33.0. The van der Waals surface area contributed by atoms with E-state index in [1.165, 1.54) is 18.2 Å². The standard InChI is InChI=1S/C15H19NO6/c1-11(2)9-21-14(17)6-7-15(18)22-10-12-4-3-5-13(8-12)16(19)20/h3-5,8,11H,6-7,9-10H2,1-2H3. The zero-order chi connectivity index (χ0) is 16.5. The van der Waals surface area contributed by atoms with Gasteiger partial charge in [0, 0.05) is 12.1 Å². The van der Waals surface area contributed by atoms with Crippen LogP contribution in [0, 0.1) is 16.0 Å². The Kier molecular flexibility index (Phi) is 7.01. The van der Waals surface area contributed by atoms with Crippen molar-refractivity contribution in [1.82, 2.24) is 0 Å². The first-order chi connectivity index (χ1) is 10.4. The number of benzene rings is 1. The Balaban J connectivity index is 2.33. The largest absolute Gasteiger partial charge is 0.465 e. The van der Waals surface area contributed by atoms with Gasteiger partial charge in [0.15, 0.2) is 0 Å². The van der Waals surface area contributed by atoms with Crippen LogP contribution in [0.25, 0.3) is 0 Å². The Morgan fingerprint density at radius 3 is 2.41 bits per heavy atom. The number of hydrogen-bond donors (Lipinski definition) is 0. The van der Waals surface area contributed by atoms with E-state index < -0.39 is 16.9 Å². The summed E-state index contributed by atoms with van der Waals surface area (Å²) >= 11 is 0. The van der Waals surface area contributed by atoms with E-state index in [-0.39, 0.29) is 31.1 Å². The Hall–Kier alpha value is -2.44. The van der Waals surface area contributed by atoms with Crippen LogP contribution in [0.3, 0.4) is 0 Å². The number of hydrogen-bond acceptors (Lipinski definition) is 6. The average Bonchev–Trinajstić information content (AvgIpc) is 2.49. The fourth-order valence-corrected chi connectivity index (χ4v) is 1.53. The van der Waals surface area contributed by atoms with Crippen molar-refractivity contribution in [3.8, 4) is 0 Å². The van der Waals surface area contributed by atoms with E-state index >= 15 is 0 Å². The number of nitro benzene ring substituents is 1. The van der Waals surface area contributed by atoms with E-state index in [0.29, 0.717) is 12.2 Å². The van der Waals surface area contributed by atoms with E-state index in [9.17, 15) is 19.7 Å². The molecule has 1 aromatic carbocycles.